The van der Waals surface area contributed by atoms with Crippen molar-refractivity contribution in [2.24, 2.45) is 5.10 Å². The van der Waals surface area contributed by atoms with E-state index in [0.29, 0.717) is 5.17 Å². The summed E-state index contributed by atoms with van der Waals surface area (Å²) >= 11 is 4.77. The first-order chi connectivity index (χ1) is 9.33. The zero-order valence-electron chi connectivity index (χ0n) is 11.3. The second kappa shape index (κ2) is 5.57. The number of hydrogen-bond donors (Lipinski definition) is 1. The van der Waals surface area contributed by atoms with E-state index in [2.05, 4.69) is 26.3 Å². The van der Waals surface area contributed by atoms with Gasteiger partial charge >= 0.3 is 0 Å². The van der Waals surface area contributed by atoms with Crippen LogP contribution in [-0.2, 0) is 14.5 Å². The number of amidine groups is 1. The van der Waals surface area contributed by atoms with E-state index in [1.165, 1.54) is 30.6 Å². The summed E-state index contributed by atoms with van der Waals surface area (Å²) in [5.41, 5.74) is 0.927. The van der Waals surface area contributed by atoms with E-state index in [1.807, 2.05) is 31.2 Å². The molecule has 20 heavy (non-hydrogen) atoms. The fraction of sp³-hybridized carbons (Fsp3) is 0.308. The number of thioether (sulfide) groups is 1. The molecule has 0 aromatic heterocycles. The summed E-state index contributed by atoms with van der Waals surface area (Å²) in [6.45, 7) is 4.77. The zero-order chi connectivity index (χ0) is 14.9. The molecule has 1 aromatic rings. The van der Waals surface area contributed by atoms with Crippen molar-refractivity contribution in [3.63, 3.8) is 0 Å². The average molecular weight is 356 g/mol. The van der Waals surface area contributed by atoms with Crippen molar-refractivity contribution >= 4 is 44.7 Å². The van der Waals surface area contributed by atoms with Crippen LogP contribution in [-0.4, -0.2) is 22.0 Å². The van der Waals surface area contributed by atoms with Gasteiger partial charge in [0.25, 0.3) is 0 Å². The number of nitrogens with one attached hydrogen (secondary N) is 1. The highest BCUT2D eigenvalue weighted by Crippen LogP contribution is 2.45. The number of nitrogens with zero attached hydrogens (tertiary/aromatic N) is 2. The van der Waals surface area contributed by atoms with Gasteiger partial charge in [0.2, 0.25) is 11.8 Å². The number of hydrogen-bond acceptors (Lipinski definition) is 4. The van der Waals surface area contributed by atoms with Gasteiger partial charge in [-0.25, -0.2) is 5.01 Å². The molecule has 1 aliphatic heterocycles. The molecule has 0 radical (unpaired) electrons. The van der Waals surface area contributed by atoms with Crippen LogP contribution in [0.4, 0.5) is 0 Å². The number of carbonyl (C=O) groups excluding carboxylic acids is 2. The van der Waals surface area contributed by atoms with Crippen molar-refractivity contribution < 1.29 is 9.59 Å². The van der Waals surface area contributed by atoms with E-state index in [-0.39, 0.29) is 11.8 Å². The Morgan fingerprint density at radius 3 is 2.65 bits per heavy atom. The smallest absolute Gasteiger partial charge is 0.241 e. The molecule has 0 saturated carbocycles. The third kappa shape index (κ3) is 2.88. The van der Waals surface area contributed by atoms with E-state index >= 15 is 0 Å². The molecule has 1 aromatic carbocycles. The van der Waals surface area contributed by atoms with Crippen LogP contribution in [0.1, 0.15) is 26.3 Å². The molecule has 106 valence electrons. The van der Waals surface area contributed by atoms with E-state index in [1.54, 1.807) is 0 Å². The van der Waals surface area contributed by atoms with Gasteiger partial charge in [0.05, 0.1) is 0 Å². The monoisotopic (exact) mass is 355 g/mol. The number of hydrazone groups is 1. The lowest BCUT2D eigenvalue weighted by Crippen LogP contribution is -2.37. The van der Waals surface area contributed by atoms with Crippen LogP contribution in [0.15, 0.2) is 33.8 Å². The molecule has 1 N–H and O–H groups in total. The third-order valence-electron chi connectivity index (χ3n) is 2.83. The lowest BCUT2D eigenvalue weighted by Gasteiger charge is -2.31. The summed E-state index contributed by atoms with van der Waals surface area (Å²) in [6, 6.07) is 7.69. The van der Waals surface area contributed by atoms with Gasteiger partial charge in [0, 0.05) is 18.3 Å². The first-order valence-corrected chi connectivity index (χ1v) is 7.56. The second-order valence-corrected chi connectivity index (χ2v) is 6.81. The Morgan fingerprint density at radius 1 is 1.40 bits per heavy atom. The number of amides is 2. The quantitative estimate of drug-likeness (QED) is 0.842. The van der Waals surface area contributed by atoms with Gasteiger partial charge in [-0.15, -0.1) is 5.10 Å². The third-order valence-corrected chi connectivity index (χ3v) is 4.51. The van der Waals surface area contributed by atoms with Gasteiger partial charge in [-0.05, 0) is 24.6 Å². The van der Waals surface area contributed by atoms with Crippen molar-refractivity contribution in [1.29, 1.82) is 0 Å². The van der Waals surface area contributed by atoms with Crippen molar-refractivity contribution in [2.45, 2.75) is 25.6 Å². The molecule has 0 fully saturated rings. The SMILES string of the molecule is CC(=O)NC1=NN(C(C)=O)[C@@](C)(c2cccc(Br)c2)S1. The highest BCUT2D eigenvalue weighted by atomic mass is 79.9. The fourth-order valence-electron chi connectivity index (χ4n) is 1.97. The minimum Gasteiger partial charge on any atom is -0.304 e. The maximum atomic E-state index is 11.8. The predicted octanol–water partition coefficient (Wildman–Crippen LogP) is 2.62. The molecule has 1 heterocycles. The molecule has 0 unspecified atom stereocenters. The van der Waals surface area contributed by atoms with Crippen molar-refractivity contribution in [1.82, 2.24) is 10.3 Å². The van der Waals surface area contributed by atoms with Crippen LogP contribution in [0.2, 0.25) is 0 Å². The topological polar surface area (TPSA) is 61.8 Å². The highest BCUT2D eigenvalue weighted by Gasteiger charge is 2.43. The average Bonchev–Trinajstić information content (AvgIpc) is 2.67. The van der Waals surface area contributed by atoms with Gasteiger partial charge < -0.3 is 5.32 Å². The van der Waals surface area contributed by atoms with Crippen molar-refractivity contribution in [2.75, 3.05) is 0 Å². The number of halogens is 1. The lowest BCUT2D eigenvalue weighted by atomic mass is 10.1. The van der Waals surface area contributed by atoms with Crippen LogP contribution in [0.5, 0.6) is 0 Å². The van der Waals surface area contributed by atoms with E-state index in [0.717, 1.165) is 10.0 Å². The molecule has 2 rings (SSSR count). The number of carbonyl (C=O) groups is 2. The fourth-order valence-corrected chi connectivity index (χ4v) is 3.56. The molecule has 1 aliphatic rings. The van der Waals surface area contributed by atoms with E-state index in [4.69, 9.17) is 0 Å². The molecule has 1 atom stereocenters. The highest BCUT2D eigenvalue weighted by molar-refractivity contribution is 9.10. The molecule has 0 saturated heterocycles. The summed E-state index contributed by atoms with van der Waals surface area (Å²) in [5, 5.41) is 8.66. The molecule has 0 aliphatic carbocycles. The van der Waals surface area contributed by atoms with Gasteiger partial charge in [-0.2, -0.15) is 0 Å². The Kier molecular flexibility index (Phi) is 4.19. The summed E-state index contributed by atoms with van der Waals surface area (Å²) in [6.07, 6.45) is 0. The standard InChI is InChI=1S/C13H14BrN3O2S/c1-8(18)15-12-16-17(9(2)19)13(3,20-12)10-5-4-6-11(14)7-10/h4-7H,1-3H3,(H,15,16,18)/t13-/m1/s1. The molecule has 5 nitrogen and oxygen atoms in total. The van der Waals surface area contributed by atoms with Gasteiger partial charge in [-0.3, -0.25) is 9.59 Å². The largest absolute Gasteiger partial charge is 0.304 e. The van der Waals surface area contributed by atoms with Gasteiger partial charge in [0.15, 0.2) is 5.17 Å². The van der Waals surface area contributed by atoms with Crippen molar-refractivity contribution in [3.05, 3.63) is 34.3 Å². The van der Waals surface area contributed by atoms with E-state index < -0.39 is 4.87 Å². The molecular formula is C13H14BrN3O2S. The molecule has 7 heteroatoms. The Balaban J connectivity index is 2.40. The maximum absolute atomic E-state index is 11.8. The summed E-state index contributed by atoms with van der Waals surface area (Å²) in [4.78, 5) is 22.3. The van der Waals surface area contributed by atoms with Crippen LogP contribution >= 0.6 is 27.7 Å². The number of benzene rings is 1. The summed E-state index contributed by atoms with van der Waals surface area (Å²) in [5.74, 6) is -0.390. The lowest BCUT2D eigenvalue weighted by molar-refractivity contribution is -0.131. The summed E-state index contributed by atoms with van der Waals surface area (Å²) in [7, 11) is 0. The maximum Gasteiger partial charge on any atom is 0.241 e. The van der Waals surface area contributed by atoms with Crippen molar-refractivity contribution in [3.8, 4) is 0 Å². The summed E-state index contributed by atoms with van der Waals surface area (Å²) < 4.78 is 0.924. The first-order valence-electron chi connectivity index (χ1n) is 5.95. The van der Waals surface area contributed by atoms with Gasteiger partial charge in [-0.1, -0.05) is 39.8 Å². The first kappa shape index (κ1) is 15.1. The van der Waals surface area contributed by atoms with Crippen LogP contribution in [0, 0.1) is 0 Å². The number of rotatable bonds is 1. The Labute approximate surface area is 129 Å². The Morgan fingerprint density at radius 2 is 2.10 bits per heavy atom. The minimum absolute atomic E-state index is 0.180. The predicted molar refractivity (Wildman–Crippen MR) is 82.9 cm³/mol. The van der Waals surface area contributed by atoms with Crippen LogP contribution in [0.3, 0.4) is 0 Å². The normalized spacial score (nSPS) is 21.6. The van der Waals surface area contributed by atoms with Crippen LogP contribution in [0.25, 0.3) is 0 Å². The molecule has 2 amide bonds. The Bertz CT molecular complexity index is 605. The molecule has 0 bridgehead atoms. The minimum atomic E-state index is -0.673. The van der Waals surface area contributed by atoms with Gasteiger partial charge in [0.1, 0.15) is 4.87 Å². The molecular weight excluding hydrogens is 342 g/mol. The molecule has 0 spiro atoms. The Hall–Kier alpha value is -1.34. The van der Waals surface area contributed by atoms with E-state index in [9.17, 15) is 9.59 Å². The zero-order valence-corrected chi connectivity index (χ0v) is 13.7. The van der Waals surface area contributed by atoms with Crippen LogP contribution < -0.4 is 5.32 Å². The second-order valence-electron chi connectivity index (χ2n) is 4.51.